The third-order valence-electron chi connectivity index (χ3n) is 2.67. The number of ether oxygens (including phenoxy) is 1. The minimum absolute atomic E-state index is 0.675. The van der Waals surface area contributed by atoms with Crippen molar-refractivity contribution in [1.29, 1.82) is 0 Å². The predicted octanol–water partition coefficient (Wildman–Crippen LogP) is 2.16. The van der Waals surface area contributed by atoms with Gasteiger partial charge in [0.05, 0.1) is 13.2 Å². The zero-order valence-corrected chi connectivity index (χ0v) is 6.92. The van der Waals surface area contributed by atoms with Gasteiger partial charge in [0.15, 0.2) is 0 Å². The van der Waals surface area contributed by atoms with Gasteiger partial charge >= 0.3 is 0 Å². The van der Waals surface area contributed by atoms with Crippen LogP contribution in [0, 0.1) is 11.8 Å². The van der Waals surface area contributed by atoms with Gasteiger partial charge in [0.2, 0.25) is 0 Å². The van der Waals surface area contributed by atoms with Crippen LogP contribution in [0.4, 0.5) is 0 Å². The molecule has 0 aromatic heterocycles. The molecule has 0 aromatic carbocycles. The van der Waals surface area contributed by atoms with E-state index < -0.39 is 0 Å². The Bertz CT molecular complexity index is 203. The summed E-state index contributed by atoms with van der Waals surface area (Å²) in [5, 5.41) is 0. The molecule has 2 aliphatic rings. The topological polar surface area (TPSA) is 9.23 Å². The van der Waals surface area contributed by atoms with Crippen LogP contribution in [0.25, 0.3) is 0 Å². The van der Waals surface area contributed by atoms with Crippen LogP contribution in [0.1, 0.15) is 13.3 Å². The molecule has 0 amide bonds. The van der Waals surface area contributed by atoms with Gasteiger partial charge in [-0.2, -0.15) is 0 Å². The normalized spacial score (nSPS) is 36.3. The van der Waals surface area contributed by atoms with E-state index in [4.69, 9.17) is 4.74 Å². The highest BCUT2D eigenvalue weighted by Gasteiger charge is 2.24. The summed E-state index contributed by atoms with van der Waals surface area (Å²) in [4.78, 5) is 0. The van der Waals surface area contributed by atoms with Crippen LogP contribution in [-0.2, 0) is 4.74 Å². The number of allylic oxidation sites excluding steroid dienone is 3. The van der Waals surface area contributed by atoms with Crippen molar-refractivity contribution in [3.05, 3.63) is 23.8 Å². The van der Waals surface area contributed by atoms with Crippen molar-refractivity contribution < 1.29 is 4.74 Å². The van der Waals surface area contributed by atoms with Gasteiger partial charge in [0.25, 0.3) is 0 Å². The van der Waals surface area contributed by atoms with Gasteiger partial charge in [-0.05, 0) is 12.3 Å². The molecule has 1 aliphatic heterocycles. The molecule has 0 radical (unpaired) electrons. The fourth-order valence-electron chi connectivity index (χ4n) is 1.88. The van der Waals surface area contributed by atoms with E-state index in [1.165, 1.54) is 0 Å². The van der Waals surface area contributed by atoms with E-state index in [1.54, 1.807) is 5.57 Å². The summed E-state index contributed by atoms with van der Waals surface area (Å²) in [6, 6.07) is 0. The Labute approximate surface area is 67.7 Å². The summed E-state index contributed by atoms with van der Waals surface area (Å²) in [5.74, 6) is 1.35. The molecule has 1 fully saturated rings. The lowest BCUT2D eigenvalue weighted by atomic mass is 9.81. The Morgan fingerprint density at radius 3 is 3.27 bits per heavy atom. The Kier molecular flexibility index (Phi) is 1.82. The van der Waals surface area contributed by atoms with Crippen molar-refractivity contribution in [2.24, 2.45) is 11.8 Å². The summed E-state index contributed by atoms with van der Waals surface area (Å²) in [5.41, 5.74) is 1.59. The maximum absolute atomic E-state index is 5.43. The Balaban J connectivity index is 2.18. The van der Waals surface area contributed by atoms with E-state index in [1.807, 2.05) is 0 Å². The standard InChI is InChI=1S/C10H14O/c1-8-3-2-4-9-5-6-11-7-10(8)9/h2-4,8,10H,5-7H2,1H3. The van der Waals surface area contributed by atoms with Crippen molar-refractivity contribution in [2.75, 3.05) is 13.2 Å². The highest BCUT2D eigenvalue weighted by Crippen LogP contribution is 2.31. The van der Waals surface area contributed by atoms with Crippen molar-refractivity contribution in [3.8, 4) is 0 Å². The molecule has 0 N–H and O–H groups in total. The predicted molar refractivity (Wildman–Crippen MR) is 45.3 cm³/mol. The fourth-order valence-corrected chi connectivity index (χ4v) is 1.88. The van der Waals surface area contributed by atoms with Crippen molar-refractivity contribution in [2.45, 2.75) is 13.3 Å². The average molecular weight is 150 g/mol. The third-order valence-corrected chi connectivity index (χ3v) is 2.67. The first kappa shape index (κ1) is 7.11. The second-order valence-corrected chi connectivity index (χ2v) is 3.42. The van der Waals surface area contributed by atoms with E-state index in [0.717, 1.165) is 19.6 Å². The summed E-state index contributed by atoms with van der Waals surface area (Å²) in [6.45, 7) is 4.11. The van der Waals surface area contributed by atoms with Gasteiger partial charge < -0.3 is 4.74 Å². The molecule has 0 saturated carbocycles. The lowest BCUT2D eigenvalue weighted by molar-refractivity contribution is 0.0721. The summed E-state index contributed by atoms with van der Waals surface area (Å²) in [7, 11) is 0. The number of fused-ring (bicyclic) bond motifs is 1. The molecular weight excluding hydrogens is 136 g/mol. The fraction of sp³-hybridized carbons (Fsp3) is 0.600. The van der Waals surface area contributed by atoms with Crippen molar-refractivity contribution >= 4 is 0 Å². The van der Waals surface area contributed by atoms with Gasteiger partial charge in [-0.1, -0.05) is 30.7 Å². The van der Waals surface area contributed by atoms with Crippen LogP contribution in [0.2, 0.25) is 0 Å². The molecule has 1 heteroatoms. The van der Waals surface area contributed by atoms with E-state index in [2.05, 4.69) is 25.2 Å². The molecule has 1 nitrogen and oxygen atoms in total. The largest absolute Gasteiger partial charge is 0.380 e. The zero-order chi connectivity index (χ0) is 7.68. The molecular formula is C10H14O. The number of hydrogen-bond donors (Lipinski definition) is 0. The zero-order valence-electron chi connectivity index (χ0n) is 6.92. The van der Waals surface area contributed by atoms with Crippen LogP contribution in [-0.4, -0.2) is 13.2 Å². The van der Waals surface area contributed by atoms with E-state index in [0.29, 0.717) is 11.8 Å². The smallest absolute Gasteiger partial charge is 0.0537 e. The molecule has 1 aliphatic carbocycles. The average Bonchev–Trinajstić information content (AvgIpc) is 2.06. The molecule has 2 rings (SSSR count). The van der Waals surface area contributed by atoms with Crippen molar-refractivity contribution in [1.82, 2.24) is 0 Å². The van der Waals surface area contributed by atoms with E-state index in [9.17, 15) is 0 Å². The van der Waals surface area contributed by atoms with Gasteiger partial charge in [-0.15, -0.1) is 0 Å². The lowest BCUT2D eigenvalue weighted by Crippen LogP contribution is -2.26. The molecule has 0 aromatic rings. The molecule has 0 spiro atoms. The molecule has 2 atom stereocenters. The SMILES string of the molecule is CC1C=CC=C2CCOCC21. The molecule has 60 valence electrons. The number of rotatable bonds is 0. The monoisotopic (exact) mass is 150 g/mol. The number of hydrogen-bond acceptors (Lipinski definition) is 1. The minimum atomic E-state index is 0.675. The summed E-state index contributed by atoms with van der Waals surface area (Å²) < 4.78 is 5.43. The van der Waals surface area contributed by atoms with Crippen LogP contribution in [0.5, 0.6) is 0 Å². The van der Waals surface area contributed by atoms with Gasteiger partial charge in [0.1, 0.15) is 0 Å². The molecule has 0 bridgehead atoms. The molecule has 11 heavy (non-hydrogen) atoms. The van der Waals surface area contributed by atoms with Crippen molar-refractivity contribution in [3.63, 3.8) is 0 Å². The highest BCUT2D eigenvalue weighted by atomic mass is 16.5. The third kappa shape index (κ3) is 1.25. The van der Waals surface area contributed by atoms with E-state index in [-0.39, 0.29) is 0 Å². The van der Waals surface area contributed by atoms with Crippen LogP contribution in [0.15, 0.2) is 23.8 Å². The molecule has 1 heterocycles. The van der Waals surface area contributed by atoms with Crippen LogP contribution >= 0.6 is 0 Å². The van der Waals surface area contributed by atoms with Crippen LogP contribution < -0.4 is 0 Å². The maximum atomic E-state index is 5.43. The second-order valence-electron chi connectivity index (χ2n) is 3.42. The van der Waals surface area contributed by atoms with E-state index >= 15 is 0 Å². The molecule has 1 saturated heterocycles. The van der Waals surface area contributed by atoms with Gasteiger partial charge in [-0.25, -0.2) is 0 Å². The Morgan fingerprint density at radius 1 is 1.55 bits per heavy atom. The first-order chi connectivity index (χ1) is 5.38. The van der Waals surface area contributed by atoms with Gasteiger partial charge in [-0.3, -0.25) is 0 Å². The Morgan fingerprint density at radius 2 is 2.45 bits per heavy atom. The minimum Gasteiger partial charge on any atom is -0.380 e. The highest BCUT2D eigenvalue weighted by molar-refractivity contribution is 5.23. The summed E-state index contributed by atoms with van der Waals surface area (Å²) >= 11 is 0. The first-order valence-corrected chi connectivity index (χ1v) is 4.33. The molecule has 2 unspecified atom stereocenters. The van der Waals surface area contributed by atoms with Crippen LogP contribution in [0.3, 0.4) is 0 Å². The summed E-state index contributed by atoms with van der Waals surface area (Å²) in [6.07, 6.45) is 7.84. The maximum Gasteiger partial charge on any atom is 0.0537 e. The van der Waals surface area contributed by atoms with Gasteiger partial charge in [0, 0.05) is 5.92 Å². The second kappa shape index (κ2) is 2.82. The Hall–Kier alpha value is -0.560. The lowest BCUT2D eigenvalue weighted by Gasteiger charge is -2.31. The first-order valence-electron chi connectivity index (χ1n) is 4.33. The quantitative estimate of drug-likeness (QED) is 0.514.